The summed E-state index contributed by atoms with van der Waals surface area (Å²) in [6.45, 7) is 2.17. The molecule has 1 spiro atoms. The second-order valence-corrected chi connectivity index (χ2v) is 7.38. The monoisotopic (exact) mass is 297 g/mol. The Morgan fingerprint density at radius 1 is 1.35 bits per heavy atom. The number of hydrogen-bond acceptors (Lipinski definition) is 4. The van der Waals surface area contributed by atoms with Gasteiger partial charge in [-0.05, 0) is 18.6 Å². The fourth-order valence-corrected chi connectivity index (χ4v) is 4.61. The lowest BCUT2D eigenvalue weighted by Gasteiger charge is -2.49. The Bertz CT molecular complexity index is 566. The highest BCUT2D eigenvalue weighted by atomic mass is 32.2. The molecule has 3 rings (SSSR count). The van der Waals surface area contributed by atoms with Gasteiger partial charge in [0.2, 0.25) is 10.0 Å². The zero-order valence-corrected chi connectivity index (χ0v) is 12.3. The van der Waals surface area contributed by atoms with Crippen LogP contribution in [0.5, 0.6) is 0 Å². The number of nitrogens with zero attached hydrogens (tertiary/aromatic N) is 1. The predicted octanol–water partition coefficient (Wildman–Crippen LogP) is 1.11. The van der Waals surface area contributed by atoms with E-state index in [0.717, 1.165) is 6.42 Å². The Labute approximate surface area is 119 Å². The summed E-state index contributed by atoms with van der Waals surface area (Å²) < 4.78 is 37.4. The number of hydrogen-bond donors (Lipinski definition) is 0. The number of ether oxygens (including phenoxy) is 2. The molecule has 0 N–H and O–H groups in total. The Morgan fingerprint density at radius 3 is 2.70 bits per heavy atom. The highest BCUT2D eigenvalue weighted by Crippen LogP contribution is 2.42. The summed E-state index contributed by atoms with van der Waals surface area (Å²) in [7, 11) is -1.72. The summed E-state index contributed by atoms with van der Waals surface area (Å²) >= 11 is 0. The lowest BCUT2D eigenvalue weighted by atomic mass is 9.83. The fourth-order valence-electron chi connectivity index (χ4n) is 3.03. The van der Waals surface area contributed by atoms with Crippen LogP contribution < -0.4 is 0 Å². The number of sulfonamides is 1. The maximum absolute atomic E-state index is 12.5. The molecule has 0 radical (unpaired) electrons. The molecule has 6 heteroatoms. The van der Waals surface area contributed by atoms with Gasteiger partial charge >= 0.3 is 0 Å². The molecule has 5 nitrogen and oxygen atoms in total. The first-order valence-corrected chi connectivity index (χ1v) is 8.21. The van der Waals surface area contributed by atoms with Crippen molar-refractivity contribution in [2.24, 2.45) is 5.92 Å². The molecular formula is C14H19NO4S. The van der Waals surface area contributed by atoms with E-state index in [-0.39, 0.29) is 11.5 Å². The first-order chi connectivity index (χ1) is 9.58. The zero-order chi connectivity index (χ0) is 14.2. The smallest absolute Gasteiger partial charge is 0.243 e. The zero-order valence-electron chi connectivity index (χ0n) is 11.5. The van der Waals surface area contributed by atoms with E-state index in [2.05, 4.69) is 0 Å². The molecule has 2 aliphatic heterocycles. The van der Waals surface area contributed by atoms with E-state index in [1.165, 1.54) is 4.31 Å². The third-order valence-electron chi connectivity index (χ3n) is 4.24. The second kappa shape index (κ2) is 5.11. The summed E-state index contributed by atoms with van der Waals surface area (Å²) in [6, 6.07) is 8.54. The van der Waals surface area contributed by atoms with Crippen molar-refractivity contribution < 1.29 is 17.9 Å². The quantitative estimate of drug-likeness (QED) is 0.835. The Balaban J connectivity index is 1.74. The summed E-state index contributed by atoms with van der Waals surface area (Å²) in [5.74, 6) is 0.287. The van der Waals surface area contributed by atoms with Gasteiger partial charge in [0.1, 0.15) is 5.60 Å². The lowest BCUT2D eigenvalue weighted by Crippen LogP contribution is -2.66. The van der Waals surface area contributed by atoms with Gasteiger partial charge in [-0.2, -0.15) is 4.31 Å². The molecule has 110 valence electrons. The van der Waals surface area contributed by atoms with E-state index in [9.17, 15) is 8.42 Å². The van der Waals surface area contributed by atoms with Gasteiger partial charge < -0.3 is 9.47 Å². The molecule has 0 aromatic heterocycles. The molecule has 0 saturated carbocycles. The minimum Gasteiger partial charge on any atom is -0.384 e. The summed E-state index contributed by atoms with van der Waals surface area (Å²) in [5, 5.41) is 0. The van der Waals surface area contributed by atoms with Crippen molar-refractivity contribution in [1.29, 1.82) is 0 Å². The van der Waals surface area contributed by atoms with Gasteiger partial charge in [-0.15, -0.1) is 0 Å². The molecule has 2 aliphatic rings. The van der Waals surface area contributed by atoms with Crippen LogP contribution in [-0.4, -0.2) is 51.7 Å². The molecule has 1 atom stereocenters. The van der Waals surface area contributed by atoms with Gasteiger partial charge in [-0.25, -0.2) is 8.42 Å². The van der Waals surface area contributed by atoms with Crippen LogP contribution in [0.1, 0.15) is 6.42 Å². The molecule has 0 bridgehead atoms. The van der Waals surface area contributed by atoms with E-state index in [4.69, 9.17) is 9.47 Å². The topological polar surface area (TPSA) is 55.8 Å². The minimum atomic E-state index is -3.39. The molecule has 2 heterocycles. The Hall–Kier alpha value is -0.950. The fraction of sp³-hybridized carbons (Fsp3) is 0.571. The van der Waals surface area contributed by atoms with Gasteiger partial charge in [0.25, 0.3) is 0 Å². The van der Waals surface area contributed by atoms with Crippen molar-refractivity contribution in [3.8, 4) is 0 Å². The largest absolute Gasteiger partial charge is 0.384 e. The third kappa shape index (κ3) is 2.16. The average Bonchev–Trinajstić information content (AvgIpc) is 2.82. The molecule has 2 saturated heterocycles. The highest BCUT2D eigenvalue weighted by Gasteiger charge is 2.56. The van der Waals surface area contributed by atoms with E-state index in [1.807, 2.05) is 6.07 Å². The molecular weight excluding hydrogens is 278 g/mol. The van der Waals surface area contributed by atoms with Crippen LogP contribution in [0.3, 0.4) is 0 Å². The van der Waals surface area contributed by atoms with Crippen LogP contribution in [0.4, 0.5) is 0 Å². The Kier molecular flexibility index (Phi) is 3.58. The van der Waals surface area contributed by atoms with Crippen LogP contribution in [0.25, 0.3) is 0 Å². The summed E-state index contributed by atoms with van der Waals surface area (Å²) in [4.78, 5) is 0.344. The Morgan fingerprint density at radius 2 is 2.05 bits per heavy atom. The van der Waals surface area contributed by atoms with Crippen molar-refractivity contribution in [1.82, 2.24) is 4.31 Å². The molecule has 1 aromatic carbocycles. The van der Waals surface area contributed by atoms with Crippen molar-refractivity contribution in [3.05, 3.63) is 30.3 Å². The molecule has 0 amide bonds. The maximum atomic E-state index is 12.5. The molecule has 0 aliphatic carbocycles. The van der Waals surface area contributed by atoms with Crippen LogP contribution in [-0.2, 0) is 19.5 Å². The van der Waals surface area contributed by atoms with Crippen LogP contribution in [0.2, 0.25) is 0 Å². The van der Waals surface area contributed by atoms with Gasteiger partial charge in [0.05, 0.1) is 11.5 Å². The van der Waals surface area contributed by atoms with Crippen molar-refractivity contribution in [2.75, 3.05) is 33.4 Å². The van der Waals surface area contributed by atoms with Crippen molar-refractivity contribution in [2.45, 2.75) is 16.9 Å². The van der Waals surface area contributed by atoms with Crippen LogP contribution >= 0.6 is 0 Å². The van der Waals surface area contributed by atoms with Gasteiger partial charge in [-0.1, -0.05) is 18.2 Å². The molecule has 20 heavy (non-hydrogen) atoms. The van der Waals surface area contributed by atoms with E-state index in [0.29, 0.717) is 31.2 Å². The maximum Gasteiger partial charge on any atom is 0.243 e. The normalized spacial score (nSPS) is 25.8. The number of benzene rings is 1. The van der Waals surface area contributed by atoms with E-state index in [1.54, 1.807) is 31.4 Å². The van der Waals surface area contributed by atoms with Gasteiger partial charge in [-0.3, -0.25) is 0 Å². The van der Waals surface area contributed by atoms with Crippen LogP contribution in [0.15, 0.2) is 35.2 Å². The first kappa shape index (κ1) is 14.0. The van der Waals surface area contributed by atoms with Gasteiger partial charge in [0.15, 0.2) is 0 Å². The van der Waals surface area contributed by atoms with Gasteiger partial charge in [0, 0.05) is 32.7 Å². The summed E-state index contributed by atoms with van der Waals surface area (Å²) in [5.41, 5.74) is -0.335. The number of methoxy groups -OCH3 is 1. The summed E-state index contributed by atoms with van der Waals surface area (Å²) in [6.07, 6.45) is 0.938. The predicted molar refractivity (Wildman–Crippen MR) is 73.9 cm³/mol. The first-order valence-electron chi connectivity index (χ1n) is 6.77. The van der Waals surface area contributed by atoms with Crippen molar-refractivity contribution in [3.63, 3.8) is 0 Å². The standard InChI is InChI=1S/C14H19NO4S/c1-18-9-12-7-8-19-14(12)10-15(11-14)20(16,17)13-5-3-2-4-6-13/h2-6,12H,7-11H2,1H3/t12-/m1/s1. The SMILES string of the molecule is COC[C@H]1CCOC12CN(S(=O)(=O)c1ccccc1)C2. The highest BCUT2D eigenvalue weighted by molar-refractivity contribution is 7.89. The number of rotatable bonds is 4. The van der Waals surface area contributed by atoms with E-state index >= 15 is 0 Å². The van der Waals surface area contributed by atoms with Crippen molar-refractivity contribution >= 4 is 10.0 Å². The third-order valence-corrected chi connectivity index (χ3v) is 6.04. The molecule has 1 aromatic rings. The lowest BCUT2D eigenvalue weighted by molar-refractivity contribution is -0.111. The van der Waals surface area contributed by atoms with Crippen LogP contribution in [0, 0.1) is 5.92 Å². The molecule has 0 unspecified atom stereocenters. The molecule has 2 fully saturated rings. The van der Waals surface area contributed by atoms with E-state index < -0.39 is 10.0 Å². The average molecular weight is 297 g/mol. The minimum absolute atomic E-state index is 0.287. The second-order valence-electron chi connectivity index (χ2n) is 5.44.